The Morgan fingerprint density at radius 1 is 1.16 bits per heavy atom. The van der Waals surface area contributed by atoms with Crippen molar-refractivity contribution in [3.8, 4) is 11.8 Å². The van der Waals surface area contributed by atoms with Crippen LogP contribution in [0.2, 0.25) is 0 Å². The molecule has 0 spiro atoms. The highest BCUT2D eigenvalue weighted by atomic mass is 16.2. The van der Waals surface area contributed by atoms with Crippen LogP contribution in [0.25, 0.3) is 5.69 Å². The molecule has 0 radical (unpaired) electrons. The summed E-state index contributed by atoms with van der Waals surface area (Å²) in [4.78, 5) is 24.6. The fourth-order valence-corrected chi connectivity index (χ4v) is 2.49. The highest BCUT2D eigenvalue weighted by Crippen LogP contribution is 2.11. The van der Waals surface area contributed by atoms with E-state index < -0.39 is 6.04 Å². The van der Waals surface area contributed by atoms with Crippen LogP contribution >= 0.6 is 0 Å². The lowest BCUT2D eigenvalue weighted by molar-refractivity contribution is -0.123. The molecule has 0 aliphatic heterocycles. The van der Waals surface area contributed by atoms with Crippen LogP contribution in [0.4, 0.5) is 0 Å². The Hall–Kier alpha value is -3.07. The van der Waals surface area contributed by atoms with Crippen LogP contribution < -0.4 is 10.6 Å². The summed E-state index contributed by atoms with van der Waals surface area (Å²) >= 11 is 0. The molecule has 2 N–H and O–H groups in total. The number of rotatable bonds is 7. The summed E-state index contributed by atoms with van der Waals surface area (Å²) in [5.74, 6) is -0.418. The standard InChI is InChI=1S/C19H22N4O2/c1-14(2)13-17(19(25)21-10-9-20)22-18(24)15-5-7-16(8-6-15)23-11-3-4-12-23/h3-8,11-12,14,17H,10,13H2,1-2H3,(H,21,25)(H,22,24)/t17-/m0/s1. The number of aromatic nitrogens is 1. The molecular weight excluding hydrogens is 316 g/mol. The lowest BCUT2D eigenvalue weighted by Gasteiger charge is -2.19. The maximum Gasteiger partial charge on any atom is 0.251 e. The number of benzene rings is 1. The van der Waals surface area contributed by atoms with Gasteiger partial charge in [0.25, 0.3) is 5.91 Å². The average Bonchev–Trinajstić information content (AvgIpc) is 3.13. The number of hydrogen-bond donors (Lipinski definition) is 2. The number of amides is 2. The lowest BCUT2D eigenvalue weighted by atomic mass is 10.0. The minimum absolute atomic E-state index is 0.0745. The Morgan fingerprint density at radius 2 is 1.80 bits per heavy atom. The van der Waals surface area contributed by atoms with Crippen molar-refractivity contribution in [2.45, 2.75) is 26.3 Å². The minimum atomic E-state index is -0.662. The predicted molar refractivity (Wildman–Crippen MR) is 95.1 cm³/mol. The minimum Gasteiger partial charge on any atom is -0.341 e. The SMILES string of the molecule is CC(C)C[C@H](NC(=O)c1ccc(-n2cccc2)cc1)C(=O)NCC#N. The van der Waals surface area contributed by atoms with Crippen LogP contribution in [0.15, 0.2) is 48.8 Å². The zero-order valence-electron chi connectivity index (χ0n) is 14.4. The zero-order valence-corrected chi connectivity index (χ0v) is 14.4. The van der Waals surface area contributed by atoms with Gasteiger partial charge in [0.15, 0.2) is 0 Å². The molecule has 2 amide bonds. The first kappa shape index (κ1) is 18.3. The van der Waals surface area contributed by atoms with E-state index in [2.05, 4.69) is 10.6 Å². The molecule has 0 bridgehead atoms. The van der Waals surface area contributed by atoms with Crippen molar-refractivity contribution in [2.24, 2.45) is 5.92 Å². The van der Waals surface area contributed by atoms with E-state index in [0.29, 0.717) is 12.0 Å². The summed E-state index contributed by atoms with van der Waals surface area (Å²) in [6.07, 6.45) is 4.35. The van der Waals surface area contributed by atoms with Crippen molar-refractivity contribution in [3.05, 3.63) is 54.4 Å². The number of nitrogens with zero attached hydrogens (tertiary/aromatic N) is 2. The molecule has 2 rings (SSSR count). The van der Waals surface area contributed by atoms with E-state index in [0.717, 1.165) is 5.69 Å². The van der Waals surface area contributed by atoms with Gasteiger partial charge in [-0.3, -0.25) is 9.59 Å². The number of carbonyl (C=O) groups is 2. The van der Waals surface area contributed by atoms with Gasteiger partial charge in [0.2, 0.25) is 5.91 Å². The van der Waals surface area contributed by atoms with Gasteiger partial charge in [0.05, 0.1) is 6.07 Å². The second kappa shape index (κ2) is 8.69. The van der Waals surface area contributed by atoms with E-state index in [-0.39, 0.29) is 24.3 Å². The Bertz CT molecular complexity index is 743. The first-order valence-electron chi connectivity index (χ1n) is 8.20. The third-order valence-electron chi connectivity index (χ3n) is 3.70. The van der Waals surface area contributed by atoms with Crippen LogP contribution in [0.5, 0.6) is 0 Å². The third-order valence-corrected chi connectivity index (χ3v) is 3.70. The van der Waals surface area contributed by atoms with Crippen molar-refractivity contribution in [1.29, 1.82) is 5.26 Å². The predicted octanol–water partition coefficient (Wildman–Crippen LogP) is 2.26. The highest BCUT2D eigenvalue weighted by Gasteiger charge is 2.22. The van der Waals surface area contributed by atoms with Gasteiger partial charge < -0.3 is 15.2 Å². The fourth-order valence-electron chi connectivity index (χ4n) is 2.49. The van der Waals surface area contributed by atoms with E-state index in [9.17, 15) is 9.59 Å². The number of carbonyl (C=O) groups excluding carboxylic acids is 2. The third kappa shape index (κ3) is 5.21. The molecule has 1 aromatic heterocycles. The van der Waals surface area contributed by atoms with E-state index in [1.54, 1.807) is 12.1 Å². The quantitative estimate of drug-likeness (QED) is 0.759. The van der Waals surface area contributed by atoms with Crippen LogP contribution in [0.1, 0.15) is 30.6 Å². The fraction of sp³-hybridized carbons (Fsp3) is 0.316. The monoisotopic (exact) mass is 338 g/mol. The molecule has 1 heterocycles. The Labute approximate surface area is 147 Å². The zero-order chi connectivity index (χ0) is 18.2. The molecule has 2 aromatic rings. The van der Waals surface area contributed by atoms with Gasteiger partial charge in [-0.15, -0.1) is 0 Å². The molecule has 1 atom stereocenters. The van der Waals surface area contributed by atoms with Gasteiger partial charge in [0, 0.05) is 23.6 Å². The van der Waals surface area contributed by atoms with E-state index in [4.69, 9.17) is 5.26 Å². The van der Waals surface area contributed by atoms with E-state index >= 15 is 0 Å². The summed E-state index contributed by atoms with van der Waals surface area (Å²) in [6.45, 7) is 3.88. The smallest absolute Gasteiger partial charge is 0.251 e. The van der Waals surface area contributed by atoms with Gasteiger partial charge in [-0.25, -0.2) is 0 Å². The molecule has 0 aliphatic carbocycles. The van der Waals surface area contributed by atoms with Crippen molar-refractivity contribution in [1.82, 2.24) is 15.2 Å². The van der Waals surface area contributed by atoms with Gasteiger partial charge in [-0.05, 0) is 48.7 Å². The average molecular weight is 338 g/mol. The van der Waals surface area contributed by atoms with Crippen LogP contribution in [0.3, 0.4) is 0 Å². The first-order valence-corrected chi connectivity index (χ1v) is 8.20. The topological polar surface area (TPSA) is 86.9 Å². The first-order chi connectivity index (χ1) is 12.0. The maximum absolute atomic E-state index is 12.4. The summed E-state index contributed by atoms with van der Waals surface area (Å²) in [5, 5.41) is 13.9. The van der Waals surface area contributed by atoms with Gasteiger partial charge >= 0.3 is 0 Å². The number of hydrogen-bond acceptors (Lipinski definition) is 3. The molecule has 25 heavy (non-hydrogen) atoms. The summed E-state index contributed by atoms with van der Waals surface area (Å²) in [6, 6.07) is 12.2. The normalized spacial score (nSPS) is 11.6. The second-order valence-electron chi connectivity index (χ2n) is 6.17. The maximum atomic E-state index is 12.4. The van der Waals surface area contributed by atoms with Gasteiger partial charge in [0.1, 0.15) is 12.6 Å². The molecule has 0 unspecified atom stereocenters. The number of nitriles is 1. The summed E-state index contributed by atoms with van der Waals surface area (Å²) in [7, 11) is 0. The van der Waals surface area contributed by atoms with Crippen LogP contribution in [-0.4, -0.2) is 29.0 Å². The highest BCUT2D eigenvalue weighted by molar-refractivity contribution is 5.97. The van der Waals surface area contributed by atoms with Crippen molar-refractivity contribution >= 4 is 11.8 Å². The molecule has 1 aromatic carbocycles. The molecule has 130 valence electrons. The van der Waals surface area contributed by atoms with Crippen molar-refractivity contribution in [3.63, 3.8) is 0 Å². The lowest BCUT2D eigenvalue weighted by Crippen LogP contribution is -2.47. The Balaban J connectivity index is 2.06. The molecule has 0 saturated heterocycles. The molecule has 6 heteroatoms. The largest absolute Gasteiger partial charge is 0.341 e. The molecular formula is C19H22N4O2. The van der Waals surface area contributed by atoms with Crippen LogP contribution in [0, 0.1) is 17.2 Å². The molecule has 0 aliphatic rings. The van der Waals surface area contributed by atoms with Crippen LogP contribution in [-0.2, 0) is 4.79 Å². The van der Waals surface area contributed by atoms with E-state index in [1.807, 2.05) is 61.1 Å². The summed E-state index contributed by atoms with van der Waals surface area (Å²) < 4.78 is 1.94. The van der Waals surface area contributed by atoms with Gasteiger partial charge in [-0.2, -0.15) is 5.26 Å². The Morgan fingerprint density at radius 3 is 2.36 bits per heavy atom. The molecule has 6 nitrogen and oxygen atoms in total. The van der Waals surface area contributed by atoms with Gasteiger partial charge in [-0.1, -0.05) is 13.8 Å². The molecule has 0 saturated carbocycles. The number of nitrogens with one attached hydrogen (secondary N) is 2. The molecule has 0 fully saturated rings. The van der Waals surface area contributed by atoms with Crippen molar-refractivity contribution in [2.75, 3.05) is 6.54 Å². The summed E-state index contributed by atoms with van der Waals surface area (Å²) in [5.41, 5.74) is 1.43. The Kier molecular flexibility index (Phi) is 6.35. The van der Waals surface area contributed by atoms with Crippen molar-refractivity contribution < 1.29 is 9.59 Å². The van der Waals surface area contributed by atoms with E-state index in [1.165, 1.54) is 0 Å². The second-order valence-corrected chi connectivity index (χ2v) is 6.17.